The molecule has 0 aromatic carbocycles. The molecule has 12 heavy (non-hydrogen) atoms. The Hall–Kier alpha value is -0.480. The number of nitrogens with zero attached hydrogens (tertiary/aromatic N) is 2. The van der Waals surface area contributed by atoms with Crippen LogP contribution >= 0.6 is 11.8 Å². The number of rotatable bonds is 2. The first-order valence-electron chi connectivity index (χ1n) is 4.21. The molecule has 1 aliphatic heterocycles. The van der Waals surface area contributed by atoms with E-state index in [1.165, 1.54) is 17.9 Å². The van der Waals surface area contributed by atoms with E-state index < -0.39 is 0 Å². The van der Waals surface area contributed by atoms with E-state index in [4.69, 9.17) is 5.73 Å². The molecule has 1 aromatic rings. The van der Waals surface area contributed by atoms with Gasteiger partial charge in [0.25, 0.3) is 0 Å². The van der Waals surface area contributed by atoms with Gasteiger partial charge in [-0.25, -0.2) is 4.98 Å². The highest BCUT2D eigenvalue weighted by molar-refractivity contribution is 7.99. The normalized spacial score (nSPS) is 23.2. The maximum absolute atomic E-state index is 5.57. The second-order valence-corrected chi connectivity index (χ2v) is 4.12. The van der Waals surface area contributed by atoms with Crippen molar-refractivity contribution in [2.45, 2.75) is 19.0 Å². The highest BCUT2D eigenvalue weighted by Gasteiger charge is 2.18. The quantitative estimate of drug-likeness (QED) is 0.744. The van der Waals surface area contributed by atoms with E-state index in [1.807, 2.05) is 24.2 Å². The first-order valence-corrected chi connectivity index (χ1v) is 5.37. The summed E-state index contributed by atoms with van der Waals surface area (Å²) in [6.45, 7) is 0.550. The number of imidazole rings is 1. The smallest absolute Gasteiger partial charge is 0.122 e. The monoisotopic (exact) mass is 183 g/mol. The molecule has 2 rings (SSSR count). The molecule has 0 radical (unpaired) electrons. The molecular weight excluding hydrogens is 170 g/mol. The fourth-order valence-corrected chi connectivity index (χ4v) is 2.78. The minimum absolute atomic E-state index is 0.550. The first-order chi connectivity index (χ1) is 5.92. The van der Waals surface area contributed by atoms with Crippen LogP contribution in [0.15, 0.2) is 12.4 Å². The van der Waals surface area contributed by atoms with E-state index in [-0.39, 0.29) is 0 Å². The molecule has 3 nitrogen and oxygen atoms in total. The van der Waals surface area contributed by atoms with Crippen molar-refractivity contribution in [3.8, 4) is 0 Å². The number of thioether (sulfide) groups is 1. The van der Waals surface area contributed by atoms with Gasteiger partial charge in [0.2, 0.25) is 0 Å². The Bertz CT molecular complexity index is 253. The van der Waals surface area contributed by atoms with E-state index in [2.05, 4.69) is 9.55 Å². The summed E-state index contributed by atoms with van der Waals surface area (Å²) >= 11 is 2.01. The highest BCUT2D eigenvalue weighted by Crippen LogP contribution is 2.28. The molecule has 1 aromatic heterocycles. The van der Waals surface area contributed by atoms with Gasteiger partial charge in [0.05, 0.1) is 6.54 Å². The van der Waals surface area contributed by atoms with E-state index in [0.29, 0.717) is 12.6 Å². The SMILES string of the molecule is NCc1nccn1C1CCSC1. The summed E-state index contributed by atoms with van der Waals surface area (Å²) in [5.74, 6) is 3.50. The molecule has 1 saturated heterocycles. The molecule has 2 heterocycles. The van der Waals surface area contributed by atoms with Crippen LogP contribution in [0.1, 0.15) is 18.3 Å². The van der Waals surface area contributed by atoms with Gasteiger partial charge in [0.15, 0.2) is 0 Å². The van der Waals surface area contributed by atoms with Gasteiger partial charge in [-0.15, -0.1) is 0 Å². The van der Waals surface area contributed by atoms with Crippen LogP contribution in [0.4, 0.5) is 0 Å². The second-order valence-electron chi connectivity index (χ2n) is 2.97. The third-order valence-corrected chi connectivity index (χ3v) is 3.38. The lowest BCUT2D eigenvalue weighted by Crippen LogP contribution is -2.13. The Morgan fingerprint density at radius 1 is 1.75 bits per heavy atom. The van der Waals surface area contributed by atoms with E-state index in [1.54, 1.807) is 0 Å². The number of hydrogen-bond donors (Lipinski definition) is 1. The molecule has 0 amide bonds. The molecule has 1 unspecified atom stereocenters. The average molecular weight is 183 g/mol. The zero-order chi connectivity index (χ0) is 8.39. The summed E-state index contributed by atoms with van der Waals surface area (Å²) in [5, 5.41) is 0. The molecule has 0 aliphatic carbocycles. The van der Waals surface area contributed by atoms with Crippen molar-refractivity contribution in [2.75, 3.05) is 11.5 Å². The first kappa shape index (κ1) is 8.13. The molecule has 1 atom stereocenters. The Morgan fingerprint density at radius 3 is 3.33 bits per heavy atom. The van der Waals surface area contributed by atoms with Gasteiger partial charge in [-0.2, -0.15) is 11.8 Å². The van der Waals surface area contributed by atoms with E-state index in [0.717, 1.165) is 5.82 Å². The van der Waals surface area contributed by atoms with Crippen molar-refractivity contribution in [3.05, 3.63) is 18.2 Å². The standard InChI is InChI=1S/C8H13N3S/c9-5-8-10-2-3-11(8)7-1-4-12-6-7/h2-3,7H,1,4-6,9H2. The fraction of sp³-hybridized carbons (Fsp3) is 0.625. The lowest BCUT2D eigenvalue weighted by molar-refractivity contribution is 0.535. The number of aromatic nitrogens is 2. The predicted molar refractivity (Wildman–Crippen MR) is 51.1 cm³/mol. The Kier molecular flexibility index (Phi) is 2.37. The lowest BCUT2D eigenvalue weighted by Gasteiger charge is -2.12. The van der Waals surface area contributed by atoms with Gasteiger partial charge in [0.1, 0.15) is 5.82 Å². The summed E-state index contributed by atoms with van der Waals surface area (Å²) in [6.07, 6.45) is 5.14. The maximum Gasteiger partial charge on any atom is 0.122 e. The Labute approximate surface area is 76.4 Å². The van der Waals surface area contributed by atoms with Crippen LogP contribution in [0.25, 0.3) is 0 Å². The van der Waals surface area contributed by atoms with E-state index >= 15 is 0 Å². The minimum Gasteiger partial charge on any atom is -0.330 e. The van der Waals surface area contributed by atoms with Crippen LogP contribution in [0, 0.1) is 0 Å². The minimum atomic E-state index is 0.550. The summed E-state index contributed by atoms with van der Waals surface area (Å²) in [5.41, 5.74) is 5.57. The second kappa shape index (κ2) is 3.49. The molecule has 0 saturated carbocycles. The summed E-state index contributed by atoms with van der Waals surface area (Å²) in [4.78, 5) is 4.21. The van der Waals surface area contributed by atoms with Crippen LogP contribution < -0.4 is 5.73 Å². The lowest BCUT2D eigenvalue weighted by atomic mass is 10.2. The molecule has 0 bridgehead atoms. The van der Waals surface area contributed by atoms with Crippen molar-refractivity contribution in [3.63, 3.8) is 0 Å². The zero-order valence-electron chi connectivity index (χ0n) is 6.94. The third kappa shape index (κ3) is 1.36. The molecule has 4 heteroatoms. The average Bonchev–Trinajstić information content (AvgIpc) is 2.74. The molecule has 66 valence electrons. The van der Waals surface area contributed by atoms with Gasteiger partial charge < -0.3 is 10.3 Å². The van der Waals surface area contributed by atoms with Crippen molar-refractivity contribution >= 4 is 11.8 Å². The van der Waals surface area contributed by atoms with Gasteiger partial charge >= 0.3 is 0 Å². The van der Waals surface area contributed by atoms with Crippen LogP contribution in [-0.2, 0) is 6.54 Å². The van der Waals surface area contributed by atoms with Crippen LogP contribution in [-0.4, -0.2) is 21.1 Å². The molecular formula is C8H13N3S. The van der Waals surface area contributed by atoms with Crippen molar-refractivity contribution in [1.29, 1.82) is 0 Å². The molecule has 2 N–H and O–H groups in total. The van der Waals surface area contributed by atoms with Crippen LogP contribution in [0.3, 0.4) is 0 Å². The molecule has 1 fully saturated rings. The zero-order valence-corrected chi connectivity index (χ0v) is 7.76. The summed E-state index contributed by atoms with van der Waals surface area (Å²) < 4.78 is 2.22. The van der Waals surface area contributed by atoms with Crippen molar-refractivity contribution in [2.24, 2.45) is 5.73 Å². The van der Waals surface area contributed by atoms with Gasteiger partial charge in [0, 0.05) is 24.2 Å². The number of hydrogen-bond acceptors (Lipinski definition) is 3. The van der Waals surface area contributed by atoms with E-state index in [9.17, 15) is 0 Å². The molecule has 0 spiro atoms. The van der Waals surface area contributed by atoms with Gasteiger partial charge in [-0.05, 0) is 12.2 Å². The maximum atomic E-state index is 5.57. The Balaban J connectivity index is 2.19. The van der Waals surface area contributed by atoms with Crippen LogP contribution in [0.2, 0.25) is 0 Å². The van der Waals surface area contributed by atoms with Crippen molar-refractivity contribution < 1.29 is 0 Å². The largest absolute Gasteiger partial charge is 0.330 e. The fourth-order valence-electron chi connectivity index (χ4n) is 1.58. The number of nitrogens with two attached hydrogens (primary N) is 1. The highest BCUT2D eigenvalue weighted by atomic mass is 32.2. The summed E-state index contributed by atoms with van der Waals surface area (Å²) in [7, 11) is 0. The summed E-state index contributed by atoms with van der Waals surface area (Å²) in [6, 6.07) is 0.635. The van der Waals surface area contributed by atoms with Gasteiger partial charge in [-0.3, -0.25) is 0 Å². The molecule has 1 aliphatic rings. The van der Waals surface area contributed by atoms with Crippen LogP contribution in [0.5, 0.6) is 0 Å². The third-order valence-electron chi connectivity index (χ3n) is 2.23. The Morgan fingerprint density at radius 2 is 2.67 bits per heavy atom. The van der Waals surface area contributed by atoms with Gasteiger partial charge in [-0.1, -0.05) is 0 Å². The predicted octanol–water partition coefficient (Wildman–Crippen LogP) is 1.02. The van der Waals surface area contributed by atoms with Crippen molar-refractivity contribution in [1.82, 2.24) is 9.55 Å². The topological polar surface area (TPSA) is 43.8 Å².